The minimum absolute atomic E-state index is 0.453. The Labute approximate surface area is 119 Å². The number of hydrogen-bond acceptors (Lipinski definition) is 4. The Hall–Kier alpha value is -2.10. The van der Waals surface area contributed by atoms with Crippen molar-refractivity contribution in [2.75, 3.05) is 16.8 Å². The van der Waals surface area contributed by atoms with Crippen molar-refractivity contribution in [1.29, 1.82) is 0 Å². The van der Waals surface area contributed by atoms with E-state index in [1.165, 1.54) is 11.3 Å². The van der Waals surface area contributed by atoms with Crippen LogP contribution in [0.25, 0.3) is 0 Å². The summed E-state index contributed by atoms with van der Waals surface area (Å²) in [6, 6.07) is 11.1. The van der Waals surface area contributed by atoms with E-state index in [0.29, 0.717) is 6.04 Å². The average Bonchev–Trinajstić information content (AvgIpc) is 2.48. The van der Waals surface area contributed by atoms with Crippen LogP contribution in [0.3, 0.4) is 0 Å². The lowest BCUT2D eigenvalue weighted by atomic mass is 9.97. The van der Waals surface area contributed by atoms with Gasteiger partial charge < -0.3 is 10.2 Å². The summed E-state index contributed by atoms with van der Waals surface area (Å²) in [4.78, 5) is 11.0. The molecule has 20 heavy (non-hydrogen) atoms. The molecule has 0 fully saturated rings. The van der Waals surface area contributed by atoms with Gasteiger partial charge in [-0.1, -0.05) is 18.2 Å². The molecule has 4 heteroatoms. The van der Waals surface area contributed by atoms with E-state index in [1.54, 1.807) is 6.33 Å². The summed E-state index contributed by atoms with van der Waals surface area (Å²) in [5.41, 5.74) is 2.67. The Morgan fingerprint density at radius 3 is 3.00 bits per heavy atom. The molecule has 3 rings (SSSR count). The van der Waals surface area contributed by atoms with Crippen LogP contribution < -0.4 is 10.2 Å². The molecule has 1 aromatic carbocycles. The molecule has 0 saturated carbocycles. The Bertz CT molecular complexity index is 597. The third-order valence-corrected chi connectivity index (χ3v) is 3.78. The maximum Gasteiger partial charge on any atom is 0.138 e. The maximum atomic E-state index is 4.47. The van der Waals surface area contributed by atoms with E-state index in [-0.39, 0.29) is 0 Å². The first-order valence-electron chi connectivity index (χ1n) is 7.22. The number of aryl methyl sites for hydroxylation is 1. The van der Waals surface area contributed by atoms with Gasteiger partial charge in [0, 0.05) is 24.3 Å². The molecule has 0 saturated heterocycles. The van der Waals surface area contributed by atoms with Gasteiger partial charge in [0.05, 0.1) is 0 Å². The molecule has 1 unspecified atom stereocenters. The number of aromatic nitrogens is 2. The minimum Gasteiger partial charge on any atom is -0.370 e. The van der Waals surface area contributed by atoms with Crippen molar-refractivity contribution in [3.05, 3.63) is 42.2 Å². The smallest absolute Gasteiger partial charge is 0.138 e. The predicted molar refractivity (Wildman–Crippen MR) is 82.6 cm³/mol. The monoisotopic (exact) mass is 268 g/mol. The summed E-state index contributed by atoms with van der Waals surface area (Å²) in [5, 5.41) is 3.25. The van der Waals surface area contributed by atoms with E-state index >= 15 is 0 Å². The van der Waals surface area contributed by atoms with E-state index in [0.717, 1.165) is 31.0 Å². The summed E-state index contributed by atoms with van der Waals surface area (Å²) >= 11 is 0. The summed E-state index contributed by atoms with van der Waals surface area (Å²) in [5.74, 6) is 1.85. The highest BCUT2D eigenvalue weighted by molar-refractivity contribution is 5.67. The molecule has 2 heterocycles. The zero-order valence-corrected chi connectivity index (χ0v) is 12.0. The fourth-order valence-corrected chi connectivity index (χ4v) is 2.79. The van der Waals surface area contributed by atoms with E-state index in [1.807, 2.05) is 6.07 Å². The molecule has 104 valence electrons. The number of fused-ring (bicyclic) bond motifs is 1. The molecule has 1 atom stereocenters. The molecule has 0 spiro atoms. The molecule has 4 nitrogen and oxygen atoms in total. The maximum absolute atomic E-state index is 4.47. The lowest BCUT2D eigenvalue weighted by Gasteiger charge is -2.36. The van der Waals surface area contributed by atoms with Crippen LogP contribution in [0, 0.1) is 0 Å². The second-order valence-electron chi connectivity index (χ2n) is 5.18. The van der Waals surface area contributed by atoms with Crippen LogP contribution in [0.5, 0.6) is 0 Å². The van der Waals surface area contributed by atoms with Crippen molar-refractivity contribution in [2.24, 2.45) is 0 Å². The lowest BCUT2D eigenvalue weighted by Crippen LogP contribution is -2.33. The highest BCUT2D eigenvalue weighted by atomic mass is 15.2. The molecule has 1 N–H and O–H groups in total. The molecule has 0 amide bonds. The predicted octanol–water partition coefficient (Wildman–Crippen LogP) is 3.38. The van der Waals surface area contributed by atoms with Crippen LogP contribution in [0.2, 0.25) is 0 Å². The number of anilines is 3. The van der Waals surface area contributed by atoms with Crippen LogP contribution in [0.15, 0.2) is 36.7 Å². The third-order valence-electron chi connectivity index (χ3n) is 3.78. The molecular weight excluding hydrogens is 248 g/mol. The second kappa shape index (κ2) is 5.49. The van der Waals surface area contributed by atoms with Gasteiger partial charge in [-0.3, -0.25) is 0 Å². The average molecular weight is 268 g/mol. The quantitative estimate of drug-likeness (QED) is 0.926. The Morgan fingerprint density at radius 2 is 2.15 bits per heavy atom. The highest BCUT2D eigenvalue weighted by Gasteiger charge is 2.25. The Kier molecular flexibility index (Phi) is 3.54. The largest absolute Gasteiger partial charge is 0.370 e. The number of para-hydroxylation sites is 1. The van der Waals surface area contributed by atoms with Crippen LogP contribution >= 0.6 is 0 Å². The van der Waals surface area contributed by atoms with Crippen molar-refractivity contribution in [3.8, 4) is 0 Å². The van der Waals surface area contributed by atoms with Crippen molar-refractivity contribution in [2.45, 2.75) is 32.7 Å². The van der Waals surface area contributed by atoms with Crippen molar-refractivity contribution < 1.29 is 0 Å². The van der Waals surface area contributed by atoms with Gasteiger partial charge in [0.1, 0.15) is 18.0 Å². The number of rotatable bonds is 3. The first-order valence-corrected chi connectivity index (χ1v) is 7.22. The van der Waals surface area contributed by atoms with E-state index < -0.39 is 0 Å². The standard InChI is InChI=1S/C16H20N4/c1-3-17-15-10-16(19-11-18-15)20-12(2)8-9-13-6-4-5-7-14(13)20/h4-7,10-12H,3,8-9H2,1-2H3,(H,17,18,19). The minimum atomic E-state index is 0.453. The summed E-state index contributed by atoms with van der Waals surface area (Å²) in [6.07, 6.45) is 3.92. The fourth-order valence-electron chi connectivity index (χ4n) is 2.79. The zero-order valence-electron chi connectivity index (χ0n) is 12.0. The zero-order chi connectivity index (χ0) is 13.9. The van der Waals surface area contributed by atoms with E-state index in [9.17, 15) is 0 Å². The number of hydrogen-bond donors (Lipinski definition) is 1. The fraction of sp³-hybridized carbons (Fsp3) is 0.375. The van der Waals surface area contributed by atoms with Crippen molar-refractivity contribution in [1.82, 2.24) is 9.97 Å². The van der Waals surface area contributed by atoms with Gasteiger partial charge in [0.25, 0.3) is 0 Å². The lowest BCUT2D eigenvalue weighted by molar-refractivity contribution is 0.613. The normalized spacial score (nSPS) is 17.7. The summed E-state index contributed by atoms with van der Waals surface area (Å²) < 4.78 is 0. The summed E-state index contributed by atoms with van der Waals surface area (Å²) in [6.45, 7) is 5.19. The Balaban J connectivity index is 2.02. The van der Waals surface area contributed by atoms with Gasteiger partial charge in [-0.25, -0.2) is 9.97 Å². The molecule has 0 radical (unpaired) electrons. The van der Waals surface area contributed by atoms with Crippen molar-refractivity contribution in [3.63, 3.8) is 0 Å². The molecule has 1 aliphatic heterocycles. The second-order valence-corrected chi connectivity index (χ2v) is 5.18. The van der Waals surface area contributed by atoms with Gasteiger partial charge >= 0.3 is 0 Å². The van der Waals surface area contributed by atoms with Crippen LogP contribution in [-0.4, -0.2) is 22.6 Å². The highest BCUT2D eigenvalue weighted by Crippen LogP contribution is 2.35. The van der Waals surface area contributed by atoms with Crippen LogP contribution in [-0.2, 0) is 6.42 Å². The van der Waals surface area contributed by atoms with Gasteiger partial charge in [-0.15, -0.1) is 0 Å². The number of nitrogens with one attached hydrogen (secondary N) is 1. The third kappa shape index (κ3) is 2.33. The van der Waals surface area contributed by atoms with Gasteiger partial charge in [0.15, 0.2) is 0 Å². The van der Waals surface area contributed by atoms with Gasteiger partial charge in [-0.05, 0) is 38.3 Å². The first-order chi connectivity index (χ1) is 9.79. The molecule has 1 aromatic heterocycles. The topological polar surface area (TPSA) is 41.0 Å². The van der Waals surface area contributed by atoms with E-state index in [4.69, 9.17) is 0 Å². The number of nitrogens with zero attached hydrogens (tertiary/aromatic N) is 3. The number of benzene rings is 1. The van der Waals surface area contributed by atoms with Crippen LogP contribution in [0.1, 0.15) is 25.8 Å². The van der Waals surface area contributed by atoms with E-state index in [2.05, 4.69) is 58.3 Å². The molecule has 1 aliphatic rings. The van der Waals surface area contributed by atoms with Gasteiger partial charge in [0.2, 0.25) is 0 Å². The molecular formula is C16H20N4. The molecule has 2 aromatic rings. The Morgan fingerprint density at radius 1 is 1.30 bits per heavy atom. The summed E-state index contributed by atoms with van der Waals surface area (Å²) in [7, 11) is 0. The molecule has 0 bridgehead atoms. The first kappa shape index (κ1) is 12.9. The van der Waals surface area contributed by atoms with Crippen molar-refractivity contribution >= 4 is 17.3 Å². The SMILES string of the molecule is CCNc1cc(N2c3ccccc3CCC2C)ncn1. The van der Waals surface area contributed by atoms with Crippen LogP contribution in [0.4, 0.5) is 17.3 Å². The van der Waals surface area contributed by atoms with Gasteiger partial charge in [-0.2, -0.15) is 0 Å². The molecule has 0 aliphatic carbocycles.